The van der Waals surface area contributed by atoms with Gasteiger partial charge in [0.15, 0.2) is 0 Å². The van der Waals surface area contributed by atoms with Crippen molar-refractivity contribution in [2.24, 2.45) is 0 Å². The summed E-state index contributed by atoms with van der Waals surface area (Å²) in [6.45, 7) is 0.891. The fraction of sp³-hybridized carbons (Fsp3) is 0.227. The van der Waals surface area contributed by atoms with Crippen molar-refractivity contribution in [3.63, 3.8) is 0 Å². The van der Waals surface area contributed by atoms with Crippen LogP contribution in [-0.2, 0) is 21.8 Å². The number of benzene rings is 1. The van der Waals surface area contributed by atoms with E-state index in [1.807, 2.05) is 50.5 Å². The summed E-state index contributed by atoms with van der Waals surface area (Å²) in [7, 11) is 7.05. The smallest absolute Gasteiger partial charge is 0.616 e. The second kappa shape index (κ2) is 11.4. The molecule has 0 amide bonds. The Bertz CT molecular complexity index is 864. The van der Waals surface area contributed by atoms with Gasteiger partial charge in [0.05, 0.1) is 13.1 Å². The molecule has 27 heavy (non-hydrogen) atoms. The van der Waals surface area contributed by atoms with Crippen LogP contribution < -0.4 is 20.3 Å². The Kier molecular flexibility index (Phi) is 9.59. The minimum absolute atomic E-state index is 0. The molecular formula is C22H25FeNO3. The van der Waals surface area contributed by atoms with Crippen LogP contribution in [0.25, 0.3) is 11.5 Å². The van der Waals surface area contributed by atoms with Crippen molar-refractivity contribution in [2.45, 2.75) is 0 Å². The van der Waals surface area contributed by atoms with E-state index in [1.54, 1.807) is 19.2 Å². The van der Waals surface area contributed by atoms with E-state index in [2.05, 4.69) is 23.1 Å². The van der Waals surface area contributed by atoms with Gasteiger partial charge >= 0.3 is 17.1 Å². The van der Waals surface area contributed by atoms with Gasteiger partial charge in [-0.2, -0.15) is 18.2 Å². The summed E-state index contributed by atoms with van der Waals surface area (Å²) < 4.78 is 10.1. The Hall–Kier alpha value is -2.33. The van der Waals surface area contributed by atoms with Gasteiger partial charge in [0, 0.05) is 11.8 Å². The van der Waals surface area contributed by atoms with Gasteiger partial charge in [-0.3, -0.25) is 0 Å². The second-order valence-corrected chi connectivity index (χ2v) is 6.11. The second-order valence-electron chi connectivity index (χ2n) is 6.11. The van der Waals surface area contributed by atoms with Gasteiger partial charge < -0.3 is 19.5 Å². The summed E-state index contributed by atoms with van der Waals surface area (Å²) in [5, 5.41) is 13.0. The van der Waals surface area contributed by atoms with Crippen molar-refractivity contribution in [3.8, 4) is 5.75 Å². The fourth-order valence-electron chi connectivity index (χ4n) is 2.62. The quantitative estimate of drug-likeness (QED) is 0.568. The summed E-state index contributed by atoms with van der Waals surface area (Å²) in [4.78, 5) is 2.12. The van der Waals surface area contributed by atoms with E-state index < -0.39 is 0 Å². The molecule has 2 aromatic rings. The molecule has 1 aliphatic carbocycles. The Morgan fingerprint density at radius 3 is 2.33 bits per heavy atom. The van der Waals surface area contributed by atoms with Crippen LogP contribution in [0, 0.1) is 0 Å². The Morgan fingerprint density at radius 1 is 1.11 bits per heavy atom. The largest absolute Gasteiger partial charge is 2.00 e. The molecule has 0 N–H and O–H groups in total. The fourth-order valence-corrected chi connectivity index (χ4v) is 2.62. The van der Waals surface area contributed by atoms with E-state index in [4.69, 9.17) is 9.47 Å². The van der Waals surface area contributed by atoms with E-state index in [-0.39, 0.29) is 23.0 Å². The molecule has 0 fully saturated rings. The van der Waals surface area contributed by atoms with Crippen LogP contribution in [-0.4, -0.2) is 39.8 Å². The molecule has 0 saturated carbocycles. The number of methoxy groups -OCH3 is 2. The zero-order valence-electron chi connectivity index (χ0n) is 16.1. The zero-order valence-corrected chi connectivity index (χ0v) is 17.2. The Balaban J connectivity index is 0.000000526. The normalized spacial score (nSPS) is 15.4. The number of hydrogen-bond donors (Lipinski definition) is 0. The molecule has 2 aromatic carbocycles. The summed E-state index contributed by atoms with van der Waals surface area (Å²) in [5.41, 5.74) is 2.33. The van der Waals surface area contributed by atoms with E-state index in [1.165, 1.54) is 12.7 Å². The zero-order chi connectivity index (χ0) is 18.9. The van der Waals surface area contributed by atoms with Gasteiger partial charge in [0.1, 0.15) is 5.75 Å². The van der Waals surface area contributed by atoms with Crippen LogP contribution >= 0.6 is 0 Å². The minimum Gasteiger partial charge on any atom is -0.616 e. The Labute approximate surface area is 171 Å². The van der Waals surface area contributed by atoms with Gasteiger partial charge in [0.25, 0.3) is 0 Å². The average Bonchev–Trinajstić information content (AvgIpc) is 3.35. The van der Waals surface area contributed by atoms with Crippen LogP contribution in [0.15, 0.2) is 72.3 Å². The number of nitrogens with zero attached hydrogens (tertiary/aromatic N) is 1. The van der Waals surface area contributed by atoms with Crippen LogP contribution in [0.4, 0.5) is 0 Å². The number of hydrogen-bond acceptors (Lipinski definition) is 4. The van der Waals surface area contributed by atoms with E-state index in [9.17, 15) is 5.11 Å². The van der Waals surface area contributed by atoms with Crippen LogP contribution in [0.3, 0.4) is 0 Å². The third-order valence-corrected chi connectivity index (χ3v) is 3.81. The minimum atomic E-state index is -0.365. The van der Waals surface area contributed by atoms with Crippen LogP contribution in [0.1, 0.15) is 0 Å². The number of ether oxygens (including phenoxy) is 2. The summed E-state index contributed by atoms with van der Waals surface area (Å²) in [6.07, 6.45) is 6.30. The van der Waals surface area contributed by atoms with Crippen LogP contribution in [0.5, 0.6) is 5.75 Å². The maximum atomic E-state index is 11.6. The molecular weight excluding hydrogens is 382 g/mol. The molecule has 144 valence electrons. The van der Waals surface area contributed by atoms with Crippen molar-refractivity contribution < 1.29 is 31.6 Å². The molecule has 0 saturated heterocycles. The van der Waals surface area contributed by atoms with Gasteiger partial charge in [-0.25, -0.2) is 12.1 Å². The number of rotatable bonds is 4. The monoisotopic (exact) mass is 407 g/mol. The molecule has 0 atom stereocenters. The molecule has 0 heterocycles. The standard InChI is InChI=1S/C17H21NO3.C5H5.Fe/c1-18(2)11-12-5-6-13(9-12)15-8-7-14(17(19)21-4)10-16(15)20-3;1-2-4-5-3-1;/h5-10,19H,11H2,1-4H3;1-5H;/q;-1;+2/p-1/b15-13-,17-14-;;. The number of likely N-dealkylation sites (N-methyl/N-ethyl adjacent to an activating group) is 1. The van der Waals surface area contributed by atoms with Crippen LogP contribution in [0.2, 0.25) is 0 Å². The molecule has 0 aromatic heterocycles. The summed E-state index contributed by atoms with van der Waals surface area (Å²) >= 11 is 0. The first-order chi connectivity index (χ1) is 12.5. The van der Waals surface area contributed by atoms with Crippen molar-refractivity contribution in [1.29, 1.82) is 0 Å². The maximum Gasteiger partial charge on any atom is 2.00 e. The van der Waals surface area contributed by atoms with Crippen molar-refractivity contribution >= 4 is 11.5 Å². The maximum absolute atomic E-state index is 11.6. The predicted octanol–water partition coefficient (Wildman–Crippen LogP) is 1.38. The van der Waals surface area contributed by atoms with Gasteiger partial charge in [-0.1, -0.05) is 18.2 Å². The van der Waals surface area contributed by atoms with E-state index in [0.29, 0.717) is 11.0 Å². The molecule has 3 rings (SSSR count). The molecule has 0 unspecified atom stereocenters. The molecule has 0 radical (unpaired) electrons. The third kappa shape index (κ3) is 6.72. The molecule has 1 aliphatic rings. The first-order valence-corrected chi connectivity index (χ1v) is 8.39. The van der Waals surface area contributed by atoms with Crippen molar-refractivity contribution in [1.82, 2.24) is 4.90 Å². The molecule has 5 heteroatoms. The van der Waals surface area contributed by atoms with Gasteiger partial charge in [-0.15, -0.1) is 0 Å². The number of allylic oxidation sites excluding steroid dienone is 2. The van der Waals surface area contributed by atoms with E-state index >= 15 is 0 Å². The molecule has 4 nitrogen and oxygen atoms in total. The van der Waals surface area contributed by atoms with Crippen molar-refractivity contribution in [3.05, 3.63) is 82.8 Å². The third-order valence-electron chi connectivity index (χ3n) is 3.81. The topological polar surface area (TPSA) is 44.8 Å². The average molecular weight is 407 g/mol. The first kappa shape index (κ1) is 22.7. The SMILES string of the molecule is CO/C([O-])=c1/cc/c(=C2\C=CC(CN(C)C)=C2)c(OC)c1.[Fe+2].c1cc[cH-]c1. The first-order valence-electron chi connectivity index (χ1n) is 8.39. The predicted molar refractivity (Wildman–Crippen MR) is 104 cm³/mol. The van der Waals surface area contributed by atoms with Gasteiger partial charge in [0.2, 0.25) is 0 Å². The summed E-state index contributed by atoms with van der Waals surface area (Å²) in [5.74, 6) is 0.301. The van der Waals surface area contributed by atoms with Crippen molar-refractivity contribution in [2.75, 3.05) is 34.9 Å². The van der Waals surface area contributed by atoms with Gasteiger partial charge in [-0.05, 0) is 55.8 Å². The Morgan fingerprint density at radius 2 is 1.81 bits per heavy atom. The molecule has 0 bridgehead atoms. The molecule has 0 spiro atoms. The van der Waals surface area contributed by atoms with E-state index in [0.717, 1.165) is 17.3 Å². The summed E-state index contributed by atoms with van der Waals surface area (Å²) in [6, 6.07) is 15.3. The molecule has 0 aliphatic heterocycles.